The van der Waals surface area contributed by atoms with Crippen molar-refractivity contribution in [2.24, 2.45) is 0 Å². The number of hydrogen-bond donors (Lipinski definition) is 1. The summed E-state index contributed by atoms with van der Waals surface area (Å²) in [6.07, 6.45) is 5.52. The normalized spacial score (nSPS) is 15.6. The Bertz CT molecular complexity index is 1450. The van der Waals surface area contributed by atoms with Gasteiger partial charge in [0, 0.05) is 28.9 Å². The van der Waals surface area contributed by atoms with Crippen molar-refractivity contribution in [3.05, 3.63) is 81.6 Å². The molecule has 6 nitrogen and oxygen atoms in total. The van der Waals surface area contributed by atoms with Crippen LogP contribution in [0.1, 0.15) is 60.7 Å². The number of alkyl halides is 1. The Morgan fingerprint density at radius 1 is 1.16 bits per heavy atom. The fraction of sp³-hybridized carbons (Fsp3) is 0.357. The highest BCUT2D eigenvalue weighted by Crippen LogP contribution is 2.39. The smallest absolute Gasteiger partial charge is 0.209 e. The van der Waals surface area contributed by atoms with Crippen LogP contribution in [0.2, 0.25) is 5.02 Å². The second-order valence-electron chi connectivity index (χ2n) is 9.78. The summed E-state index contributed by atoms with van der Waals surface area (Å²) in [4.78, 5) is 4.65. The van der Waals surface area contributed by atoms with Crippen LogP contribution in [-0.2, 0) is 21.9 Å². The van der Waals surface area contributed by atoms with E-state index in [1.807, 2.05) is 36.5 Å². The van der Waals surface area contributed by atoms with Gasteiger partial charge in [0.15, 0.2) is 5.75 Å². The maximum Gasteiger partial charge on any atom is 0.209 e. The minimum absolute atomic E-state index is 0.264. The molecule has 1 atom stereocenters. The summed E-state index contributed by atoms with van der Waals surface area (Å²) in [6.45, 7) is 4.43. The van der Waals surface area contributed by atoms with Crippen molar-refractivity contribution in [1.29, 1.82) is 5.26 Å². The topological polar surface area (TPSA) is 92.1 Å². The molecule has 1 unspecified atom stereocenters. The molecular weight excluding hydrogens is 529 g/mol. The number of halogens is 2. The number of benzene rings is 2. The van der Waals surface area contributed by atoms with Gasteiger partial charge in [-0.05, 0) is 59.7 Å². The lowest BCUT2D eigenvalue weighted by atomic mass is 9.77. The standard InChI is InChI=1S/C28H29Cl2N3O3S/c1-28(2,22-13-19(16-31)27(24(30)15-22)36-12-11-29)21-9-7-18(8-10-21)20-14-23-25(32-17-20)5-4-6-26(23)33-37(3,34)35/h7-10,13-15,17,26,33H,4-6,11-12H2,1-3H3. The van der Waals surface area contributed by atoms with Crippen molar-refractivity contribution in [3.63, 3.8) is 0 Å². The third kappa shape index (κ3) is 6.10. The van der Waals surface area contributed by atoms with E-state index in [-0.39, 0.29) is 12.6 Å². The monoisotopic (exact) mass is 557 g/mol. The van der Waals surface area contributed by atoms with Crippen LogP contribution in [0.15, 0.2) is 48.7 Å². The van der Waals surface area contributed by atoms with Crippen LogP contribution < -0.4 is 9.46 Å². The van der Waals surface area contributed by atoms with E-state index in [0.29, 0.717) is 22.2 Å². The predicted octanol–water partition coefficient (Wildman–Crippen LogP) is 6.14. The second kappa shape index (κ2) is 11.0. The van der Waals surface area contributed by atoms with Crippen molar-refractivity contribution < 1.29 is 13.2 Å². The zero-order valence-electron chi connectivity index (χ0n) is 21.0. The van der Waals surface area contributed by atoms with Gasteiger partial charge in [0.25, 0.3) is 0 Å². The molecular formula is C28H29Cl2N3O3S. The fourth-order valence-electron chi connectivity index (χ4n) is 4.76. The van der Waals surface area contributed by atoms with Gasteiger partial charge in [0.05, 0.1) is 22.7 Å². The molecule has 0 aliphatic heterocycles. The minimum Gasteiger partial charge on any atom is -0.489 e. The number of aromatic nitrogens is 1. The van der Waals surface area contributed by atoms with Crippen molar-refractivity contribution in [2.75, 3.05) is 18.7 Å². The van der Waals surface area contributed by atoms with Crippen LogP contribution >= 0.6 is 23.2 Å². The zero-order chi connectivity index (χ0) is 26.8. The number of ether oxygens (including phenoxy) is 1. The van der Waals surface area contributed by atoms with Gasteiger partial charge in [0.2, 0.25) is 10.0 Å². The first-order chi connectivity index (χ1) is 17.5. The Labute approximate surface area is 228 Å². The molecule has 0 bridgehead atoms. The third-order valence-corrected chi connectivity index (χ3v) is 7.94. The number of aryl methyl sites for hydroxylation is 1. The molecule has 0 fully saturated rings. The van der Waals surface area contributed by atoms with Gasteiger partial charge < -0.3 is 4.74 Å². The van der Waals surface area contributed by atoms with E-state index in [9.17, 15) is 13.7 Å². The van der Waals surface area contributed by atoms with E-state index in [0.717, 1.165) is 52.8 Å². The maximum atomic E-state index is 11.9. The summed E-state index contributed by atoms with van der Waals surface area (Å²) >= 11 is 12.2. The van der Waals surface area contributed by atoms with Crippen molar-refractivity contribution >= 4 is 33.2 Å². The molecule has 0 saturated heterocycles. The number of fused-ring (bicyclic) bond motifs is 1. The highest BCUT2D eigenvalue weighted by molar-refractivity contribution is 7.88. The van der Waals surface area contributed by atoms with Crippen LogP contribution in [0.25, 0.3) is 11.1 Å². The number of sulfonamides is 1. The molecule has 4 rings (SSSR count). The molecule has 1 aliphatic rings. The average Bonchev–Trinajstić information content (AvgIpc) is 2.86. The Balaban J connectivity index is 1.64. The Morgan fingerprint density at radius 2 is 1.89 bits per heavy atom. The van der Waals surface area contributed by atoms with Crippen molar-refractivity contribution in [3.8, 4) is 22.9 Å². The molecule has 0 amide bonds. The van der Waals surface area contributed by atoms with Crippen LogP contribution in [0.4, 0.5) is 0 Å². The number of pyridine rings is 1. The molecule has 1 heterocycles. The van der Waals surface area contributed by atoms with E-state index in [1.165, 1.54) is 6.26 Å². The van der Waals surface area contributed by atoms with Gasteiger partial charge in [-0.2, -0.15) is 5.26 Å². The van der Waals surface area contributed by atoms with Gasteiger partial charge >= 0.3 is 0 Å². The highest BCUT2D eigenvalue weighted by Gasteiger charge is 2.27. The van der Waals surface area contributed by atoms with E-state index >= 15 is 0 Å². The summed E-state index contributed by atoms with van der Waals surface area (Å²) in [5, 5.41) is 10.0. The van der Waals surface area contributed by atoms with Gasteiger partial charge in [0.1, 0.15) is 12.7 Å². The summed E-state index contributed by atoms with van der Waals surface area (Å²) in [6, 6.07) is 15.8. The first-order valence-electron chi connectivity index (χ1n) is 12.0. The third-order valence-electron chi connectivity index (χ3n) is 6.79. The van der Waals surface area contributed by atoms with Gasteiger partial charge in [-0.15, -0.1) is 11.6 Å². The van der Waals surface area contributed by atoms with E-state index < -0.39 is 15.4 Å². The maximum absolute atomic E-state index is 11.9. The molecule has 1 aliphatic carbocycles. The number of rotatable bonds is 8. The van der Waals surface area contributed by atoms with Gasteiger partial charge in [-0.1, -0.05) is 49.7 Å². The van der Waals surface area contributed by atoms with Crippen LogP contribution in [0, 0.1) is 11.3 Å². The average molecular weight is 559 g/mol. The van der Waals surface area contributed by atoms with Gasteiger partial charge in [-0.3, -0.25) is 4.98 Å². The Hall–Kier alpha value is -2.63. The first-order valence-corrected chi connectivity index (χ1v) is 14.8. The van der Waals surface area contributed by atoms with Gasteiger partial charge in [-0.25, -0.2) is 13.1 Å². The van der Waals surface area contributed by atoms with Crippen LogP contribution in [-0.4, -0.2) is 32.1 Å². The van der Waals surface area contributed by atoms with Crippen LogP contribution in [0.5, 0.6) is 5.75 Å². The lowest BCUT2D eigenvalue weighted by molar-refractivity contribution is 0.341. The second-order valence-corrected chi connectivity index (χ2v) is 12.3. The Morgan fingerprint density at radius 3 is 2.54 bits per heavy atom. The molecule has 9 heteroatoms. The quantitative estimate of drug-likeness (QED) is 0.335. The number of nitrogens with one attached hydrogen (secondary N) is 1. The van der Waals surface area contributed by atoms with Crippen molar-refractivity contribution in [1.82, 2.24) is 9.71 Å². The summed E-state index contributed by atoms with van der Waals surface area (Å²) in [7, 11) is -3.33. The first kappa shape index (κ1) is 27.4. The highest BCUT2D eigenvalue weighted by atomic mass is 35.5. The molecule has 0 spiro atoms. The molecule has 1 N–H and O–H groups in total. The largest absolute Gasteiger partial charge is 0.489 e. The van der Waals surface area contributed by atoms with E-state index in [1.54, 1.807) is 0 Å². The summed E-state index contributed by atoms with van der Waals surface area (Å²) in [5.41, 5.74) is 5.68. The lowest BCUT2D eigenvalue weighted by Gasteiger charge is -2.28. The number of nitriles is 1. The summed E-state index contributed by atoms with van der Waals surface area (Å²) in [5.74, 6) is 0.651. The summed E-state index contributed by atoms with van der Waals surface area (Å²) < 4.78 is 32.1. The zero-order valence-corrected chi connectivity index (χ0v) is 23.3. The molecule has 3 aromatic rings. The van der Waals surface area contributed by atoms with Crippen molar-refractivity contribution in [2.45, 2.75) is 44.6 Å². The molecule has 2 aromatic carbocycles. The molecule has 0 saturated carbocycles. The molecule has 37 heavy (non-hydrogen) atoms. The fourth-order valence-corrected chi connectivity index (χ4v) is 5.87. The molecule has 0 radical (unpaired) electrons. The number of hydrogen-bond acceptors (Lipinski definition) is 5. The van der Waals surface area contributed by atoms with E-state index in [4.69, 9.17) is 27.9 Å². The Kier molecular flexibility index (Phi) is 8.15. The number of nitrogens with zero attached hydrogens (tertiary/aromatic N) is 2. The van der Waals surface area contributed by atoms with Crippen LogP contribution in [0.3, 0.4) is 0 Å². The molecule has 1 aromatic heterocycles. The lowest BCUT2D eigenvalue weighted by Crippen LogP contribution is -2.30. The minimum atomic E-state index is -3.33. The molecule has 194 valence electrons. The predicted molar refractivity (Wildman–Crippen MR) is 148 cm³/mol. The SMILES string of the molecule is CC(C)(c1ccc(-c2cnc3c(c2)C(NS(C)(=O)=O)CCC3)cc1)c1cc(Cl)c(OCCCl)c(C#N)c1. The van der Waals surface area contributed by atoms with E-state index in [2.05, 4.69) is 41.8 Å².